The number of benzene rings is 3. The molecule has 0 aliphatic carbocycles. The molecular formula is C32H38N2O6S2. The van der Waals surface area contributed by atoms with Crippen LogP contribution in [0.15, 0.2) is 82.6 Å². The zero-order chi connectivity index (χ0) is 30.3. The first kappa shape index (κ1) is 31.4. The number of carboxylic acid groups (broad SMARTS) is 1. The van der Waals surface area contributed by atoms with Gasteiger partial charge in [-0.25, -0.2) is 13.2 Å². The molecule has 1 heterocycles. The Kier molecular flexibility index (Phi) is 10.2. The van der Waals surface area contributed by atoms with E-state index in [2.05, 4.69) is 24.1 Å². The number of amides is 1. The SMILES string of the molecule is CCCCC1(CC)CN(c2ccccc2)c2cc(SC)c(OCC(=O)N[C@H](C(=O)O)c3ccccc3)cc2S(=O)(=O)C1. The highest BCUT2D eigenvalue weighted by atomic mass is 32.2. The Morgan fingerprint density at radius 2 is 1.74 bits per heavy atom. The molecule has 1 amide bonds. The van der Waals surface area contributed by atoms with E-state index in [9.17, 15) is 23.1 Å². The molecule has 0 radical (unpaired) electrons. The number of nitrogens with zero attached hydrogens (tertiary/aromatic N) is 1. The van der Waals surface area contributed by atoms with Gasteiger partial charge < -0.3 is 20.1 Å². The Morgan fingerprint density at radius 1 is 1.07 bits per heavy atom. The molecule has 0 fully saturated rings. The average Bonchev–Trinajstić information content (AvgIpc) is 3.09. The van der Waals surface area contributed by atoms with E-state index in [4.69, 9.17) is 4.74 Å². The number of carboxylic acids is 1. The van der Waals surface area contributed by atoms with Gasteiger partial charge >= 0.3 is 5.97 Å². The van der Waals surface area contributed by atoms with Crippen LogP contribution in [0.4, 0.5) is 11.4 Å². The van der Waals surface area contributed by atoms with Crippen molar-refractivity contribution in [2.45, 2.75) is 55.4 Å². The van der Waals surface area contributed by atoms with E-state index in [1.807, 2.05) is 42.7 Å². The topological polar surface area (TPSA) is 113 Å². The molecule has 0 aromatic heterocycles. The second kappa shape index (κ2) is 13.6. The van der Waals surface area contributed by atoms with Crippen molar-refractivity contribution in [3.05, 3.63) is 78.4 Å². The normalized spacial score (nSPS) is 18.4. The molecule has 2 atom stereocenters. The minimum Gasteiger partial charge on any atom is -0.483 e. The molecule has 224 valence electrons. The van der Waals surface area contributed by atoms with Crippen molar-refractivity contribution in [3.63, 3.8) is 0 Å². The van der Waals surface area contributed by atoms with Gasteiger partial charge in [0.1, 0.15) is 5.75 Å². The van der Waals surface area contributed by atoms with Gasteiger partial charge in [-0.15, -0.1) is 11.8 Å². The first-order chi connectivity index (χ1) is 20.1. The van der Waals surface area contributed by atoms with E-state index in [0.29, 0.717) is 29.1 Å². The number of anilines is 2. The Morgan fingerprint density at radius 3 is 2.33 bits per heavy atom. The fourth-order valence-electron chi connectivity index (χ4n) is 5.42. The van der Waals surface area contributed by atoms with Gasteiger partial charge in [0, 0.05) is 23.7 Å². The van der Waals surface area contributed by atoms with Crippen molar-refractivity contribution in [1.82, 2.24) is 5.32 Å². The number of thioether (sulfide) groups is 1. The van der Waals surface area contributed by atoms with E-state index in [1.165, 1.54) is 17.8 Å². The molecule has 0 bridgehead atoms. The Bertz CT molecular complexity index is 1500. The Balaban J connectivity index is 1.70. The van der Waals surface area contributed by atoms with Gasteiger partial charge in [0.05, 0.1) is 21.2 Å². The molecule has 3 aromatic carbocycles. The number of fused-ring (bicyclic) bond motifs is 1. The average molecular weight is 611 g/mol. The molecule has 1 aliphatic heterocycles. The molecule has 0 saturated heterocycles. The third-order valence-electron chi connectivity index (χ3n) is 7.78. The van der Waals surface area contributed by atoms with Crippen molar-refractivity contribution in [1.29, 1.82) is 0 Å². The molecule has 1 aliphatic rings. The minimum atomic E-state index is -3.73. The number of nitrogens with one attached hydrogen (secondary N) is 1. The molecule has 8 nitrogen and oxygen atoms in total. The summed E-state index contributed by atoms with van der Waals surface area (Å²) in [6, 6.07) is 20.3. The molecule has 1 unspecified atom stereocenters. The smallest absolute Gasteiger partial charge is 0.330 e. The number of unbranched alkanes of at least 4 members (excludes halogenated alkanes) is 1. The van der Waals surface area contributed by atoms with Crippen molar-refractivity contribution in [2.75, 3.05) is 30.1 Å². The second-order valence-electron chi connectivity index (χ2n) is 10.6. The molecule has 3 aromatic rings. The maximum atomic E-state index is 14.0. The summed E-state index contributed by atoms with van der Waals surface area (Å²) in [6.45, 7) is 4.26. The van der Waals surface area contributed by atoms with Crippen LogP contribution >= 0.6 is 11.8 Å². The van der Waals surface area contributed by atoms with E-state index >= 15 is 0 Å². The summed E-state index contributed by atoms with van der Waals surface area (Å²) in [4.78, 5) is 27.6. The Labute approximate surface area is 252 Å². The molecular weight excluding hydrogens is 572 g/mol. The van der Waals surface area contributed by atoms with Gasteiger partial charge in [-0.3, -0.25) is 4.79 Å². The first-order valence-corrected chi connectivity index (χ1v) is 17.0. The molecule has 4 rings (SSSR count). The van der Waals surface area contributed by atoms with Crippen molar-refractivity contribution in [2.24, 2.45) is 5.41 Å². The summed E-state index contributed by atoms with van der Waals surface area (Å²) in [5.74, 6) is -1.55. The monoisotopic (exact) mass is 610 g/mol. The van der Waals surface area contributed by atoms with E-state index < -0.39 is 39.8 Å². The van der Waals surface area contributed by atoms with Crippen LogP contribution in [0.3, 0.4) is 0 Å². The summed E-state index contributed by atoms with van der Waals surface area (Å²) >= 11 is 1.39. The van der Waals surface area contributed by atoms with Gasteiger partial charge in [-0.2, -0.15) is 0 Å². The number of sulfone groups is 1. The van der Waals surface area contributed by atoms with Crippen LogP contribution in [0, 0.1) is 5.41 Å². The van der Waals surface area contributed by atoms with E-state index in [0.717, 1.165) is 24.9 Å². The molecule has 42 heavy (non-hydrogen) atoms. The fraction of sp³-hybridized carbons (Fsp3) is 0.375. The van der Waals surface area contributed by atoms with Crippen LogP contribution in [0.2, 0.25) is 0 Å². The summed E-state index contributed by atoms with van der Waals surface area (Å²) in [5, 5.41) is 12.2. The first-order valence-electron chi connectivity index (χ1n) is 14.1. The molecule has 2 N–H and O–H groups in total. The van der Waals surface area contributed by atoms with Crippen LogP contribution in [0.25, 0.3) is 0 Å². The quantitative estimate of drug-likeness (QED) is 0.232. The highest BCUT2D eigenvalue weighted by molar-refractivity contribution is 7.98. The number of hydrogen-bond donors (Lipinski definition) is 2. The van der Waals surface area contributed by atoms with Crippen molar-refractivity contribution < 1.29 is 27.9 Å². The van der Waals surface area contributed by atoms with Gasteiger partial charge in [0.25, 0.3) is 5.91 Å². The van der Waals surface area contributed by atoms with Crippen molar-refractivity contribution in [3.8, 4) is 5.75 Å². The number of carbonyl (C=O) groups excluding carboxylic acids is 1. The molecule has 0 saturated carbocycles. The van der Waals surface area contributed by atoms with E-state index in [1.54, 1.807) is 30.3 Å². The van der Waals surface area contributed by atoms with Gasteiger partial charge in [0.2, 0.25) is 0 Å². The lowest BCUT2D eigenvalue weighted by atomic mass is 9.81. The third-order valence-corrected chi connectivity index (χ3v) is 10.5. The van der Waals surface area contributed by atoms with Gasteiger partial charge in [-0.1, -0.05) is 75.2 Å². The predicted molar refractivity (Wildman–Crippen MR) is 166 cm³/mol. The summed E-state index contributed by atoms with van der Waals surface area (Å²) in [7, 11) is -3.73. The van der Waals surface area contributed by atoms with Crippen LogP contribution in [-0.2, 0) is 19.4 Å². The minimum absolute atomic E-state index is 0.0166. The lowest BCUT2D eigenvalue weighted by Crippen LogP contribution is -2.37. The maximum Gasteiger partial charge on any atom is 0.330 e. The number of aliphatic carboxylic acids is 1. The standard InChI is InChI=1S/C32H38N2O6S2/c1-4-6-17-32(5-2)21-34(24-15-11-8-12-16-24)25-18-27(41-3)26(19-28(25)42(38,39)22-32)40-20-29(35)33-30(31(36)37)23-13-9-7-10-14-23/h7-16,18-19,30H,4-6,17,20-22H2,1-3H3,(H,33,35)(H,36,37)/t30-,32?/m0/s1. The summed E-state index contributed by atoms with van der Waals surface area (Å²) in [6.07, 6.45) is 5.28. The van der Waals surface area contributed by atoms with Gasteiger partial charge in [-0.05, 0) is 42.9 Å². The van der Waals surface area contributed by atoms with Crippen LogP contribution in [0.5, 0.6) is 5.75 Å². The number of hydrogen-bond acceptors (Lipinski definition) is 7. The van der Waals surface area contributed by atoms with Gasteiger partial charge in [0.15, 0.2) is 22.5 Å². The number of ether oxygens (including phenoxy) is 1. The molecule has 0 spiro atoms. The van der Waals surface area contributed by atoms with E-state index in [-0.39, 0.29) is 16.4 Å². The summed E-state index contributed by atoms with van der Waals surface area (Å²) in [5.41, 5.74) is 1.49. The highest BCUT2D eigenvalue weighted by Gasteiger charge is 2.42. The lowest BCUT2D eigenvalue weighted by molar-refractivity contribution is -0.142. The Hall–Kier alpha value is -3.50. The molecule has 10 heteroatoms. The van der Waals surface area contributed by atoms with Crippen molar-refractivity contribution >= 4 is 44.9 Å². The summed E-state index contributed by atoms with van der Waals surface area (Å²) < 4.78 is 34.0. The number of carbonyl (C=O) groups is 2. The third kappa shape index (κ3) is 7.10. The van der Waals surface area contributed by atoms with Crippen LogP contribution in [0.1, 0.15) is 51.1 Å². The predicted octanol–water partition coefficient (Wildman–Crippen LogP) is 6.24. The zero-order valence-corrected chi connectivity index (χ0v) is 25.8. The highest BCUT2D eigenvalue weighted by Crippen LogP contribution is 2.47. The zero-order valence-electron chi connectivity index (χ0n) is 24.2. The van der Waals surface area contributed by atoms with Crippen LogP contribution < -0.4 is 15.0 Å². The fourth-order valence-corrected chi connectivity index (χ4v) is 8.15. The second-order valence-corrected chi connectivity index (χ2v) is 13.5. The largest absolute Gasteiger partial charge is 0.483 e. The number of para-hydroxylation sites is 1. The number of rotatable bonds is 12. The maximum absolute atomic E-state index is 14.0. The lowest BCUT2D eigenvalue weighted by Gasteiger charge is -2.36. The van der Waals surface area contributed by atoms with Crippen LogP contribution in [-0.4, -0.2) is 50.6 Å².